The number of nitrogens with zero attached hydrogens (tertiary/aromatic N) is 1. The van der Waals surface area contributed by atoms with E-state index in [2.05, 4.69) is 0 Å². The standard InChI is InChI=1S/C14H26N2O3/c1-18-7-5-16(6-8-19-2)14(17)12-10-3-4-11(9-10)13(12)15/h10-13H,3-9,15H2,1-2H3. The van der Waals surface area contributed by atoms with Crippen LogP contribution in [0.3, 0.4) is 0 Å². The molecule has 2 N–H and O–H groups in total. The van der Waals surface area contributed by atoms with Crippen molar-refractivity contribution in [3.8, 4) is 0 Å². The number of amides is 1. The molecule has 0 aromatic heterocycles. The Labute approximate surface area is 115 Å². The summed E-state index contributed by atoms with van der Waals surface area (Å²) in [5.74, 6) is 1.28. The van der Waals surface area contributed by atoms with Crippen LogP contribution in [0.1, 0.15) is 19.3 Å². The van der Waals surface area contributed by atoms with Gasteiger partial charge in [0.2, 0.25) is 5.91 Å². The number of rotatable bonds is 7. The largest absolute Gasteiger partial charge is 0.383 e. The maximum absolute atomic E-state index is 12.7. The van der Waals surface area contributed by atoms with E-state index in [1.54, 1.807) is 14.2 Å². The first-order chi connectivity index (χ1) is 9.19. The number of carbonyl (C=O) groups is 1. The fourth-order valence-electron chi connectivity index (χ4n) is 3.65. The van der Waals surface area contributed by atoms with Crippen LogP contribution < -0.4 is 5.73 Å². The average molecular weight is 270 g/mol. The molecule has 19 heavy (non-hydrogen) atoms. The minimum Gasteiger partial charge on any atom is -0.383 e. The van der Waals surface area contributed by atoms with Crippen LogP contribution in [-0.2, 0) is 14.3 Å². The SMILES string of the molecule is COCCN(CCOC)C(=O)C1C2CCC(C2)C1N. The highest BCUT2D eigenvalue weighted by atomic mass is 16.5. The van der Waals surface area contributed by atoms with Gasteiger partial charge in [0.05, 0.1) is 19.1 Å². The maximum atomic E-state index is 12.7. The Morgan fingerprint density at radius 2 is 1.74 bits per heavy atom. The molecule has 0 aliphatic heterocycles. The van der Waals surface area contributed by atoms with Gasteiger partial charge >= 0.3 is 0 Å². The number of nitrogens with two attached hydrogens (primary N) is 1. The van der Waals surface area contributed by atoms with Crippen LogP contribution >= 0.6 is 0 Å². The van der Waals surface area contributed by atoms with Crippen molar-refractivity contribution in [1.29, 1.82) is 0 Å². The van der Waals surface area contributed by atoms with E-state index in [9.17, 15) is 4.79 Å². The molecule has 2 aliphatic carbocycles. The highest BCUT2D eigenvalue weighted by Crippen LogP contribution is 2.48. The van der Waals surface area contributed by atoms with Crippen molar-refractivity contribution in [2.24, 2.45) is 23.5 Å². The van der Waals surface area contributed by atoms with Gasteiger partial charge in [0, 0.05) is 33.4 Å². The van der Waals surface area contributed by atoms with Gasteiger partial charge in [0.15, 0.2) is 0 Å². The second-order valence-electron chi connectivity index (χ2n) is 5.75. The van der Waals surface area contributed by atoms with Crippen LogP contribution in [0.25, 0.3) is 0 Å². The zero-order valence-corrected chi connectivity index (χ0v) is 12.0. The molecule has 0 saturated heterocycles. The predicted molar refractivity (Wildman–Crippen MR) is 72.6 cm³/mol. The lowest BCUT2D eigenvalue weighted by Gasteiger charge is -2.32. The van der Waals surface area contributed by atoms with Gasteiger partial charge in [-0.3, -0.25) is 4.79 Å². The van der Waals surface area contributed by atoms with Crippen molar-refractivity contribution in [1.82, 2.24) is 4.90 Å². The summed E-state index contributed by atoms with van der Waals surface area (Å²) in [4.78, 5) is 14.6. The van der Waals surface area contributed by atoms with Gasteiger partial charge in [-0.1, -0.05) is 0 Å². The third kappa shape index (κ3) is 3.09. The lowest BCUT2D eigenvalue weighted by atomic mass is 9.84. The molecular formula is C14H26N2O3. The first-order valence-corrected chi connectivity index (χ1v) is 7.21. The van der Waals surface area contributed by atoms with Gasteiger partial charge in [0.1, 0.15) is 0 Å². The van der Waals surface area contributed by atoms with Gasteiger partial charge in [0.25, 0.3) is 0 Å². The van der Waals surface area contributed by atoms with Crippen molar-refractivity contribution in [2.75, 3.05) is 40.5 Å². The van der Waals surface area contributed by atoms with Crippen LogP contribution in [0.15, 0.2) is 0 Å². The van der Waals surface area contributed by atoms with Gasteiger partial charge in [-0.05, 0) is 31.1 Å². The molecule has 5 heteroatoms. The molecule has 2 aliphatic rings. The quantitative estimate of drug-likeness (QED) is 0.731. The molecule has 2 bridgehead atoms. The minimum absolute atomic E-state index is 0.0208. The summed E-state index contributed by atoms with van der Waals surface area (Å²) in [5, 5.41) is 0. The van der Waals surface area contributed by atoms with E-state index in [1.165, 1.54) is 6.42 Å². The molecule has 2 rings (SSSR count). The molecule has 110 valence electrons. The van der Waals surface area contributed by atoms with Crippen molar-refractivity contribution in [3.63, 3.8) is 0 Å². The second kappa shape index (κ2) is 6.68. The number of ether oxygens (including phenoxy) is 2. The van der Waals surface area contributed by atoms with Gasteiger partial charge in [-0.15, -0.1) is 0 Å². The second-order valence-corrected chi connectivity index (χ2v) is 5.75. The topological polar surface area (TPSA) is 64.8 Å². The summed E-state index contributed by atoms with van der Waals surface area (Å²) in [6.07, 6.45) is 3.50. The summed E-state index contributed by atoms with van der Waals surface area (Å²) < 4.78 is 10.2. The molecule has 0 radical (unpaired) electrons. The first-order valence-electron chi connectivity index (χ1n) is 7.21. The number of hydrogen-bond acceptors (Lipinski definition) is 4. The molecular weight excluding hydrogens is 244 g/mol. The summed E-state index contributed by atoms with van der Waals surface area (Å²) in [7, 11) is 3.31. The minimum atomic E-state index is 0.0208. The Morgan fingerprint density at radius 3 is 2.21 bits per heavy atom. The lowest BCUT2D eigenvalue weighted by Crippen LogP contribution is -2.48. The third-order valence-electron chi connectivity index (χ3n) is 4.71. The fourth-order valence-corrected chi connectivity index (χ4v) is 3.65. The van der Waals surface area contributed by atoms with Gasteiger partial charge < -0.3 is 20.1 Å². The summed E-state index contributed by atoms with van der Waals surface area (Å²) in [6.45, 7) is 2.37. The average Bonchev–Trinajstić information content (AvgIpc) is 2.99. The van der Waals surface area contributed by atoms with E-state index in [1.807, 2.05) is 4.90 Å². The van der Waals surface area contributed by atoms with E-state index >= 15 is 0 Å². The molecule has 4 atom stereocenters. The van der Waals surface area contributed by atoms with E-state index in [0.29, 0.717) is 38.1 Å². The first kappa shape index (κ1) is 14.8. The van der Waals surface area contributed by atoms with E-state index < -0.39 is 0 Å². The molecule has 4 unspecified atom stereocenters. The predicted octanol–water partition coefficient (Wildman–Crippen LogP) is 0.481. The van der Waals surface area contributed by atoms with Crippen LogP contribution in [0.4, 0.5) is 0 Å². The fraction of sp³-hybridized carbons (Fsp3) is 0.929. The van der Waals surface area contributed by atoms with Crippen LogP contribution in [-0.4, -0.2) is 57.4 Å². The van der Waals surface area contributed by atoms with Crippen LogP contribution in [0.2, 0.25) is 0 Å². The summed E-state index contributed by atoms with van der Waals surface area (Å²) in [5.41, 5.74) is 6.25. The Balaban J connectivity index is 1.97. The van der Waals surface area contributed by atoms with E-state index in [-0.39, 0.29) is 17.9 Å². The molecule has 1 amide bonds. The summed E-state index contributed by atoms with van der Waals surface area (Å²) >= 11 is 0. The maximum Gasteiger partial charge on any atom is 0.227 e. The normalized spacial score (nSPS) is 32.8. The smallest absolute Gasteiger partial charge is 0.227 e. The molecule has 5 nitrogen and oxygen atoms in total. The number of carbonyl (C=O) groups excluding carboxylic acids is 1. The van der Waals surface area contributed by atoms with Crippen molar-refractivity contribution < 1.29 is 14.3 Å². The van der Waals surface area contributed by atoms with Gasteiger partial charge in [-0.25, -0.2) is 0 Å². The lowest BCUT2D eigenvalue weighted by molar-refractivity contribution is -0.139. The summed E-state index contributed by atoms with van der Waals surface area (Å²) in [6, 6.07) is 0.0545. The number of fused-ring (bicyclic) bond motifs is 2. The van der Waals surface area contributed by atoms with Crippen molar-refractivity contribution in [3.05, 3.63) is 0 Å². The highest BCUT2D eigenvalue weighted by molar-refractivity contribution is 5.80. The van der Waals surface area contributed by atoms with Crippen LogP contribution in [0.5, 0.6) is 0 Å². The molecule has 2 saturated carbocycles. The van der Waals surface area contributed by atoms with Gasteiger partial charge in [-0.2, -0.15) is 0 Å². The molecule has 0 aromatic rings. The molecule has 0 aromatic carbocycles. The molecule has 0 heterocycles. The van der Waals surface area contributed by atoms with E-state index in [0.717, 1.165) is 12.8 Å². The monoisotopic (exact) mass is 270 g/mol. The highest BCUT2D eigenvalue weighted by Gasteiger charge is 2.49. The molecule has 0 spiro atoms. The Hall–Kier alpha value is -0.650. The third-order valence-corrected chi connectivity index (χ3v) is 4.71. The zero-order valence-electron chi connectivity index (χ0n) is 12.0. The zero-order chi connectivity index (χ0) is 13.8. The Morgan fingerprint density at radius 1 is 1.16 bits per heavy atom. The number of hydrogen-bond donors (Lipinski definition) is 1. The molecule has 2 fully saturated rings. The Bertz CT molecular complexity index is 301. The van der Waals surface area contributed by atoms with Crippen molar-refractivity contribution >= 4 is 5.91 Å². The Kier molecular flexibility index (Phi) is 5.19. The van der Waals surface area contributed by atoms with Crippen molar-refractivity contribution in [2.45, 2.75) is 25.3 Å². The van der Waals surface area contributed by atoms with E-state index in [4.69, 9.17) is 15.2 Å². The van der Waals surface area contributed by atoms with Crippen LogP contribution in [0, 0.1) is 17.8 Å². The number of methoxy groups -OCH3 is 2.